The number of phenolic OH excluding ortho intramolecular Hbond substituents is 1. The first-order chi connectivity index (χ1) is 33.8. The maximum atomic E-state index is 12.2. The zero-order valence-corrected chi connectivity index (χ0v) is 50.8. The molecule has 0 spiro atoms. The second-order valence-corrected chi connectivity index (χ2v) is 20.3. The number of anilines is 2. The maximum Gasteiger partial charge on any atom is 1.00 e. The molecule has 366 valence electrons. The molecule has 0 heterocycles. The van der Waals surface area contributed by atoms with Crippen molar-refractivity contribution in [1.29, 1.82) is 0 Å². The van der Waals surface area contributed by atoms with Crippen LogP contribution in [0.2, 0.25) is 0 Å². The first-order valence-electron chi connectivity index (χ1n) is 19.6. The Bertz CT molecular complexity index is 4270. The minimum atomic E-state index is -5.20. The van der Waals surface area contributed by atoms with Crippen LogP contribution in [0.3, 0.4) is 0 Å². The van der Waals surface area contributed by atoms with E-state index in [1.54, 1.807) is 24.3 Å². The molecule has 8 aromatic carbocycles. The Morgan fingerprint density at radius 1 is 0.395 bits per heavy atom. The average molecular weight is 1140 g/mol. The number of azo groups is 4. The van der Waals surface area contributed by atoms with Crippen molar-refractivity contribution in [3.8, 4) is 5.75 Å². The number of nitrogen functional groups attached to an aromatic ring is 2. The number of nitrogens with two attached hydrogens (primary N) is 2. The molecule has 26 nitrogen and oxygen atoms in total. The fourth-order valence-corrected chi connectivity index (χ4v) is 9.30. The fraction of sp³-hybridized carbons (Fsp3) is 0. The van der Waals surface area contributed by atoms with Gasteiger partial charge in [-0.25, -0.2) is 33.7 Å². The van der Waals surface area contributed by atoms with E-state index in [1.165, 1.54) is 30.3 Å². The fourth-order valence-electron chi connectivity index (χ4n) is 7.05. The van der Waals surface area contributed by atoms with Crippen molar-refractivity contribution in [2.75, 3.05) is 11.5 Å². The van der Waals surface area contributed by atoms with Crippen molar-refractivity contribution in [3.05, 3.63) is 131 Å². The van der Waals surface area contributed by atoms with E-state index in [-0.39, 0.29) is 191 Å². The predicted octanol–water partition coefficient (Wildman–Crippen LogP) is -2.78. The van der Waals surface area contributed by atoms with E-state index in [0.29, 0.717) is 29.0 Å². The standard InChI is InChI=1S/C42H29N11O15S4.4Na/c43-28-19-29(44)38(53(55)56)20-36(28)51-49-34-14-16-39(71(63,64)65)26-8-9-35(42(54)41(26)34)50-48-33-13-12-32(25-7-5-21(17-27(25)33)69(57,58)59)46-45-30-10-11-31(24-4-2-1-3-23(24)30)47-52-37-18-22(70(60,61)62)6-15-40(37)72(66,67)68;;;;/h1-20,54H,43-44H2,(H,57,58,59)(H,60,61,62)(H,63,64,65)(H,66,67,68);;;;/q;4*+1/p-4. The van der Waals surface area contributed by atoms with E-state index in [4.69, 9.17) is 11.5 Å². The molecule has 0 aliphatic carbocycles. The molecular formula is C42H25N11Na4O15S4. The molecule has 0 atom stereocenters. The monoisotopic (exact) mass is 1140 g/mol. The van der Waals surface area contributed by atoms with Crippen molar-refractivity contribution in [2.24, 2.45) is 40.9 Å². The molecule has 0 saturated heterocycles. The topological polar surface area (TPSA) is 443 Å². The smallest absolute Gasteiger partial charge is 0.744 e. The minimum absolute atomic E-state index is 0. The molecule has 0 fully saturated rings. The summed E-state index contributed by atoms with van der Waals surface area (Å²) < 4.78 is 144. The van der Waals surface area contributed by atoms with Gasteiger partial charge in [0, 0.05) is 33.0 Å². The summed E-state index contributed by atoms with van der Waals surface area (Å²) in [6, 6.07) is 23.1. The van der Waals surface area contributed by atoms with Crippen LogP contribution >= 0.6 is 0 Å². The number of hydrogen-bond acceptors (Lipinski definition) is 25. The molecule has 0 radical (unpaired) electrons. The molecule has 34 heteroatoms. The van der Waals surface area contributed by atoms with Crippen LogP contribution in [0.15, 0.2) is 182 Å². The van der Waals surface area contributed by atoms with Crippen LogP contribution in [-0.2, 0) is 40.5 Å². The van der Waals surface area contributed by atoms with Gasteiger partial charge in [-0.1, -0.05) is 36.4 Å². The summed E-state index contributed by atoms with van der Waals surface area (Å²) >= 11 is 0. The van der Waals surface area contributed by atoms with Crippen LogP contribution in [0.1, 0.15) is 0 Å². The Kier molecular flexibility index (Phi) is 21.0. The normalized spacial score (nSPS) is 12.3. The van der Waals surface area contributed by atoms with E-state index < -0.39 is 82.1 Å². The van der Waals surface area contributed by atoms with E-state index in [2.05, 4.69) is 40.9 Å². The quantitative estimate of drug-likeness (QED) is 0.0262. The molecule has 0 unspecified atom stereocenters. The zero-order chi connectivity index (χ0) is 52.1. The number of fused-ring (bicyclic) bond motifs is 3. The average Bonchev–Trinajstić information content (AvgIpc) is 3.30. The molecular weight excluding hydrogens is 1120 g/mol. The van der Waals surface area contributed by atoms with E-state index >= 15 is 0 Å². The Morgan fingerprint density at radius 2 is 0.789 bits per heavy atom. The molecule has 0 aliphatic heterocycles. The summed E-state index contributed by atoms with van der Waals surface area (Å²) in [7, 11) is -20.5. The third-order valence-corrected chi connectivity index (χ3v) is 13.8. The predicted molar refractivity (Wildman–Crippen MR) is 250 cm³/mol. The van der Waals surface area contributed by atoms with Crippen molar-refractivity contribution >= 4 is 135 Å². The summed E-state index contributed by atoms with van der Waals surface area (Å²) in [5.74, 6) is -0.784. The summed E-state index contributed by atoms with van der Waals surface area (Å²) in [6.45, 7) is 0. The summed E-state index contributed by atoms with van der Waals surface area (Å²) in [5.41, 5.74) is 9.35. The Balaban J connectivity index is 0.00000312. The van der Waals surface area contributed by atoms with Gasteiger partial charge in [-0.05, 0) is 78.9 Å². The Labute approximate surface area is 518 Å². The van der Waals surface area contributed by atoms with Crippen LogP contribution < -0.4 is 130 Å². The largest absolute Gasteiger partial charge is 1.00 e. The van der Waals surface area contributed by atoms with Crippen LogP contribution in [0, 0.1) is 10.1 Å². The van der Waals surface area contributed by atoms with Gasteiger partial charge in [-0.15, -0.1) is 40.9 Å². The van der Waals surface area contributed by atoms with Crippen LogP contribution in [0.5, 0.6) is 5.75 Å². The third kappa shape index (κ3) is 14.0. The molecule has 0 aromatic heterocycles. The Morgan fingerprint density at radius 3 is 1.30 bits per heavy atom. The van der Waals surface area contributed by atoms with Gasteiger partial charge in [0.05, 0.1) is 64.0 Å². The molecule has 0 saturated carbocycles. The number of benzene rings is 8. The van der Waals surface area contributed by atoms with Gasteiger partial charge in [0.2, 0.25) is 0 Å². The van der Waals surface area contributed by atoms with Gasteiger partial charge in [-0.3, -0.25) is 10.1 Å². The third-order valence-electron chi connectivity index (χ3n) is 10.4. The number of phenols is 1. The van der Waals surface area contributed by atoms with Gasteiger partial charge < -0.3 is 34.8 Å². The summed E-state index contributed by atoms with van der Waals surface area (Å²) in [5, 5.41) is 55.9. The second kappa shape index (κ2) is 25.0. The maximum absolute atomic E-state index is 12.2. The number of rotatable bonds is 13. The second-order valence-electron chi connectivity index (χ2n) is 14.9. The van der Waals surface area contributed by atoms with Crippen LogP contribution in [-0.4, -0.2) is 61.9 Å². The number of nitro benzene ring substituents is 1. The van der Waals surface area contributed by atoms with Gasteiger partial charge in [0.25, 0.3) is 5.69 Å². The SMILES string of the molecule is Nc1cc(N)c([N+](=O)[O-])cc1N=Nc1ccc(S(=O)(=O)[O-])c2ccc(N=Nc3ccc(N=Nc4ccc(N=Nc5cc(S(=O)(=O)[O-])ccc5S(=O)(=O)[O-])c5ccccc45)c4ccc(S(=O)(=O)[O-])cc34)c(O)c12.[Na+].[Na+].[Na+].[Na+]. The van der Waals surface area contributed by atoms with Crippen molar-refractivity contribution in [1.82, 2.24) is 0 Å². The van der Waals surface area contributed by atoms with E-state index in [9.17, 15) is 67.1 Å². The van der Waals surface area contributed by atoms with Crippen LogP contribution in [0.4, 0.5) is 62.6 Å². The van der Waals surface area contributed by atoms with Crippen molar-refractivity contribution in [3.63, 3.8) is 0 Å². The minimum Gasteiger partial charge on any atom is -0.744 e. The van der Waals surface area contributed by atoms with Gasteiger partial charge in [0.15, 0.2) is 5.75 Å². The summed E-state index contributed by atoms with van der Waals surface area (Å²) in [6.07, 6.45) is 0. The zero-order valence-electron chi connectivity index (χ0n) is 39.5. The molecule has 0 amide bonds. The summed E-state index contributed by atoms with van der Waals surface area (Å²) in [4.78, 5) is 7.43. The number of nitro groups is 1. The molecule has 0 bridgehead atoms. The number of hydrogen-bond donors (Lipinski definition) is 3. The van der Waals surface area contributed by atoms with E-state index in [1.807, 2.05) is 0 Å². The van der Waals surface area contributed by atoms with Gasteiger partial charge in [-0.2, -0.15) is 0 Å². The molecule has 8 aromatic rings. The Hall–Kier alpha value is -4.62. The molecule has 8 rings (SSSR count). The molecule has 76 heavy (non-hydrogen) atoms. The van der Waals surface area contributed by atoms with Crippen molar-refractivity contribution in [2.45, 2.75) is 19.6 Å². The van der Waals surface area contributed by atoms with E-state index in [0.717, 1.165) is 48.5 Å². The van der Waals surface area contributed by atoms with Gasteiger partial charge in [0.1, 0.15) is 63.2 Å². The molecule has 5 N–H and O–H groups in total. The van der Waals surface area contributed by atoms with Crippen molar-refractivity contribution < 1.29 is 180 Å². The van der Waals surface area contributed by atoms with Crippen LogP contribution in [0.25, 0.3) is 32.3 Å². The first kappa shape index (κ1) is 63.9. The number of aromatic hydroxyl groups is 1. The number of nitrogens with zero attached hydrogens (tertiary/aromatic N) is 9. The first-order valence-corrected chi connectivity index (χ1v) is 25.3. The van der Waals surface area contributed by atoms with Gasteiger partial charge >= 0.3 is 118 Å². The molecule has 0 aliphatic rings.